The van der Waals surface area contributed by atoms with E-state index in [9.17, 15) is 4.79 Å². The summed E-state index contributed by atoms with van der Waals surface area (Å²) in [6.45, 7) is 1.12. The number of halogens is 1. The van der Waals surface area contributed by atoms with Gasteiger partial charge >= 0.3 is 6.03 Å². The fourth-order valence-electron chi connectivity index (χ4n) is 2.09. The number of amides is 2. The molecule has 1 aromatic carbocycles. The third-order valence-electron chi connectivity index (χ3n) is 3.28. The number of hydrogen-bond acceptors (Lipinski definition) is 4. The van der Waals surface area contributed by atoms with E-state index < -0.39 is 0 Å². The number of methoxy groups -OCH3 is 1. The van der Waals surface area contributed by atoms with Gasteiger partial charge in [0.15, 0.2) is 11.5 Å². The largest absolute Gasteiger partial charge is 0.493 e. The van der Waals surface area contributed by atoms with Gasteiger partial charge in [-0.1, -0.05) is 12.0 Å². The Morgan fingerprint density at radius 3 is 2.80 bits per heavy atom. The Morgan fingerprint density at radius 2 is 2.12 bits per heavy atom. The van der Waals surface area contributed by atoms with Crippen molar-refractivity contribution in [3.05, 3.63) is 44.6 Å². The van der Waals surface area contributed by atoms with E-state index in [1.807, 2.05) is 18.2 Å². The summed E-state index contributed by atoms with van der Waals surface area (Å²) in [6.07, 6.45) is 6.01. The van der Waals surface area contributed by atoms with Crippen LogP contribution >= 0.6 is 27.3 Å². The SMILES string of the molecule is C#CCOc1cc(CNC(=O)NCCc2ccc(Br)s2)ccc1OC. The molecular weight excluding hydrogens is 404 g/mol. The molecular formula is C18H19BrN2O3S. The van der Waals surface area contributed by atoms with E-state index in [0.29, 0.717) is 24.6 Å². The number of hydrogen-bond donors (Lipinski definition) is 2. The zero-order chi connectivity index (χ0) is 18.1. The Morgan fingerprint density at radius 1 is 1.28 bits per heavy atom. The van der Waals surface area contributed by atoms with E-state index in [1.165, 1.54) is 4.88 Å². The van der Waals surface area contributed by atoms with Crippen molar-refractivity contribution < 1.29 is 14.3 Å². The summed E-state index contributed by atoms with van der Waals surface area (Å²) in [5, 5.41) is 5.66. The van der Waals surface area contributed by atoms with Gasteiger partial charge in [-0.25, -0.2) is 4.79 Å². The molecule has 0 unspecified atom stereocenters. The molecule has 2 rings (SSSR count). The average Bonchev–Trinajstić information content (AvgIpc) is 3.03. The lowest BCUT2D eigenvalue weighted by Crippen LogP contribution is -2.36. The van der Waals surface area contributed by atoms with Gasteiger partial charge in [0.1, 0.15) is 6.61 Å². The zero-order valence-electron chi connectivity index (χ0n) is 13.8. The Hall–Kier alpha value is -2.17. The fraction of sp³-hybridized carbons (Fsp3) is 0.278. The van der Waals surface area contributed by atoms with Crippen molar-refractivity contribution in [2.45, 2.75) is 13.0 Å². The predicted molar refractivity (Wildman–Crippen MR) is 103 cm³/mol. The maximum Gasteiger partial charge on any atom is 0.315 e. The molecule has 1 heterocycles. The molecule has 0 saturated carbocycles. The lowest BCUT2D eigenvalue weighted by atomic mass is 10.2. The molecule has 2 N–H and O–H groups in total. The van der Waals surface area contributed by atoms with Crippen LogP contribution in [0.5, 0.6) is 11.5 Å². The predicted octanol–water partition coefficient (Wildman–Crippen LogP) is 3.57. The van der Waals surface area contributed by atoms with Crippen molar-refractivity contribution in [1.82, 2.24) is 10.6 Å². The molecule has 0 radical (unpaired) electrons. The first-order chi connectivity index (χ1) is 12.1. The van der Waals surface area contributed by atoms with Gasteiger partial charge in [-0.2, -0.15) is 0 Å². The van der Waals surface area contributed by atoms with E-state index in [4.69, 9.17) is 15.9 Å². The highest BCUT2D eigenvalue weighted by Gasteiger charge is 2.07. The smallest absolute Gasteiger partial charge is 0.315 e. The highest BCUT2D eigenvalue weighted by Crippen LogP contribution is 2.28. The summed E-state index contributed by atoms with van der Waals surface area (Å²) >= 11 is 5.09. The van der Waals surface area contributed by atoms with Gasteiger partial charge in [0, 0.05) is 18.0 Å². The minimum Gasteiger partial charge on any atom is -0.493 e. The van der Waals surface area contributed by atoms with E-state index in [1.54, 1.807) is 30.6 Å². The van der Waals surface area contributed by atoms with E-state index in [0.717, 1.165) is 15.8 Å². The van der Waals surface area contributed by atoms with E-state index in [-0.39, 0.29) is 12.6 Å². The molecule has 5 nitrogen and oxygen atoms in total. The standard InChI is InChI=1S/C18H19BrN2O3S/c1-3-10-24-16-11-13(4-6-15(16)23-2)12-21-18(22)20-9-8-14-5-7-17(19)25-14/h1,4-7,11H,8-10,12H2,2H3,(H2,20,21,22). The van der Waals surface area contributed by atoms with Gasteiger partial charge in [0.25, 0.3) is 0 Å². The van der Waals surface area contributed by atoms with Gasteiger partial charge in [-0.05, 0) is 52.2 Å². The minimum absolute atomic E-state index is 0.159. The molecule has 2 amide bonds. The Labute approximate surface area is 159 Å². The molecule has 0 aliphatic rings. The monoisotopic (exact) mass is 422 g/mol. The van der Waals surface area contributed by atoms with Crippen LogP contribution in [0.3, 0.4) is 0 Å². The lowest BCUT2D eigenvalue weighted by Gasteiger charge is -2.12. The fourth-order valence-corrected chi connectivity index (χ4v) is 3.58. The number of urea groups is 1. The molecule has 2 aromatic rings. The van der Waals surface area contributed by atoms with Crippen LogP contribution in [-0.2, 0) is 13.0 Å². The van der Waals surface area contributed by atoms with Crippen LogP contribution in [0, 0.1) is 12.3 Å². The minimum atomic E-state index is -0.211. The summed E-state index contributed by atoms with van der Waals surface area (Å²) < 4.78 is 11.8. The van der Waals surface area contributed by atoms with Crippen LogP contribution in [0.2, 0.25) is 0 Å². The summed E-state index contributed by atoms with van der Waals surface area (Å²) in [6, 6.07) is 9.30. The summed E-state index contributed by atoms with van der Waals surface area (Å²) in [5.74, 6) is 3.58. The first kappa shape index (κ1) is 19.2. The second kappa shape index (κ2) is 9.97. The molecule has 0 saturated heterocycles. The van der Waals surface area contributed by atoms with Crippen molar-refractivity contribution >= 4 is 33.3 Å². The lowest BCUT2D eigenvalue weighted by molar-refractivity contribution is 0.240. The van der Waals surface area contributed by atoms with Gasteiger partial charge in [0.05, 0.1) is 10.9 Å². The molecule has 0 fully saturated rings. The van der Waals surface area contributed by atoms with Crippen molar-refractivity contribution in [2.75, 3.05) is 20.3 Å². The molecule has 1 aromatic heterocycles. The molecule has 0 bridgehead atoms. The number of carbonyl (C=O) groups is 1. The first-order valence-electron chi connectivity index (χ1n) is 7.61. The van der Waals surface area contributed by atoms with E-state index in [2.05, 4.69) is 32.5 Å². The quantitative estimate of drug-likeness (QED) is 0.639. The zero-order valence-corrected chi connectivity index (χ0v) is 16.2. The highest BCUT2D eigenvalue weighted by atomic mass is 79.9. The third-order valence-corrected chi connectivity index (χ3v) is 4.96. The van der Waals surface area contributed by atoms with Crippen molar-refractivity contribution in [3.8, 4) is 23.8 Å². The number of terminal acetylenes is 1. The van der Waals surface area contributed by atoms with Crippen molar-refractivity contribution in [2.24, 2.45) is 0 Å². The molecule has 0 aliphatic heterocycles. The second-order valence-corrected chi connectivity index (χ2v) is 7.59. The third kappa shape index (κ3) is 6.33. The molecule has 0 atom stereocenters. The molecule has 25 heavy (non-hydrogen) atoms. The maximum atomic E-state index is 11.9. The van der Waals surface area contributed by atoms with E-state index >= 15 is 0 Å². The summed E-state index contributed by atoms with van der Waals surface area (Å²) in [4.78, 5) is 13.1. The average molecular weight is 423 g/mol. The number of carbonyl (C=O) groups excluding carboxylic acids is 1. The Bertz CT molecular complexity index is 755. The Balaban J connectivity index is 1.79. The molecule has 132 valence electrons. The summed E-state index contributed by atoms with van der Waals surface area (Å²) in [5.41, 5.74) is 0.894. The van der Waals surface area contributed by atoms with Gasteiger partial charge in [0.2, 0.25) is 0 Å². The molecule has 0 aliphatic carbocycles. The number of nitrogens with one attached hydrogen (secondary N) is 2. The second-order valence-electron chi connectivity index (χ2n) is 5.04. The maximum absolute atomic E-state index is 11.9. The Kier molecular flexibility index (Phi) is 7.64. The topological polar surface area (TPSA) is 59.6 Å². The first-order valence-corrected chi connectivity index (χ1v) is 9.22. The number of ether oxygens (including phenoxy) is 2. The van der Waals surface area contributed by atoms with Gasteiger partial charge in [-0.3, -0.25) is 0 Å². The van der Waals surface area contributed by atoms with Crippen LogP contribution in [0.4, 0.5) is 4.79 Å². The van der Waals surface area contributed by atoms with Crippen LogP contribution in [-0.4, -0.2) is 26.3 Å². The van der Waals surface area contributed by atoms with Crippen molar-refractivity contribution in [1.29, 1.82) is 0 Å². The number of benzene rings is 1. The van der Waals surface area contributed by atoms with Gasteiger partial charge < -0.3 is 20.1 Å². The van der Waals surface area contributed by atoms with Crippen LogP contribution < -0.4 is 20.1 Å². The van der Waals surface area contributed by atoms with Gasteiger partial charge in [-0.15, -0.1) is 17.8 Å². The highest BCUT2D eigenvalue weighted by molar-refractivity contribution is 9.11. The number of rotatable bonds is 8. The summed E-state index contributed by atoms with van der Waals surface area (Å²) in [7, 11) is 1.57. The molecule has 7 heteroatoms. The normalized spacial score (nSPS) is 9.96. The molecule has 0 spiro atoms. The van der Waals surface area contributed by atoms with Crippen LogP contribution in [0.25, 0.3) is 0 Å². The number of thiophene rings is 1. The van der Waals surface area contributed by atoms with Crippen LogP contribution in [0.15, 0.2) is 34.1 Å². The van der Waals surface area contributed by atoms with Crippen molar-refractivity contribution in [3.63, 3.8) is 0 Å². The van der Waals surface area contributed by atoms with Crippen LogP contribution in [0.1, 0.15) is 10.4 Å².